The fourth-order valence-electron chi connectivity index (χ4n) is 2.22. The highest BCUT2D eigenvalue weighted by molar-refractivity contribution is 6.33. The zero-order valence-corrected chi connectivity index (χ0v) is 14.2. The van der Waals surface area contributed by atoms with Crippen molar-refractivity contribution in [2.24, 2.45) is 5.10 Å². The van der Waals surface area contributed by atoms with E-state index < -0.39 is 10.8 Å². The molecular formula is C17H12ClN3O5. The number of hydrogen-bond donors (Lipinski definition) is 1. The number of nitro groups is 1. The number of furan rings is 2. The van der Waals surface area contributed by atoms with Crippen molar-refractivity contribution in [2.75, 3.05) is 0 Å². The quantitative estimate of drug-likeness (QED) is 0.410. The molecule has 0 aliphatic carbocycles. The van der Waals surface area contributed by atoms with Crippen molar-refractivity contribution in [1.82, 2.24) is 5.43 Å². The zero-order chi connectivity index (χ0) is 18.7. The largest absolute Gasteiger partial charge is 0.469 e. The smallest absolute Gasteiger partial charge is 0.274 e. The third-order valence-corrected chi connectivity index (χ3v) is 3.83. The lowest BCUT2D eigenvalue weighted by Crippen LogP contribution is -2.17. The van der Waals surface area contributed by atoms with E-state index >= 15 is 0 Å². The van der Waals surface area contributed by atoms with E-state index in [4.69, 9.17) is 20.4 Å². The van der Waals surface area contributed by atoms with Crippen molar-refractivity contribution in [3.63, 3.8) is 0 Å². The average Bonchev–Trinajstić information content (AvgIpc) is 3.23. The first-order valence-corrected chi connectivity index (χ1v) is 7.75. The van der Waals surface area contributed by atoms with Crippen LogP contribution in [-0.4, -0.2) is 17.0 Å². The van der Waals surface area contributed by atoms with Crippen molar-refractivity contribution >= 4 is 29.4 Å². The standard InChI is InChI=1S/C17H12ClN3O5/c1-10-13(6-7-25-10)17(22)20-19-9-12-3-5-16(26-12)14-4-2-11(21(23)24)8-15(14)18/h2-9H,1H3,(H,20,22)/b19-9-. The third kappa shape index (κ3) is 3.65. The van der Waals surface area contributed by atoms with Gasteiger partial charge in [0, 0.05) is 17.7 Å². The minimum Gasteiger partial charge on any atom is -0.469 e. The molecule has 132 valence electrons. The number of halogens is 1. The van der Waals surface area contributed by atoms with E-state index in [0.717, 1.165) is 0 Å². The molecule has 1 N–H and O–H groups in total. The van der Waals surface area contributed by atoms with Gasteiger partial charge >= 0.3 is 0 Å². The maximum absolute atomic E-state index is 11.9. The molecule has 0 spiro atoms. The molecule has 0 bridgehead atoms. The summed E-state index contributed by atoms with van der Waals surface area (Å²) < 4.78 is 10.6. The fourth-order valence-corrected chi connectivity index (χ4v) is 2.49. The summed E-state index contributed by atoms with van der Waals surface area (Å²) in [5, 5.41) is 14.8. The number of benzene rings is 1. The number of hydrazone groups is 1. The molecule has 0 radical (unpaired) electrons. The van der Waals surface area contributed by atoms with Crippen molar-refractivity contribution in [3.05, 3.63) is 74.9 Å². The Bertz CT molecular complexity index is 1010. The minimum atomic E-state index is -0.527. The van der Waals surface area contributed by atoms with E-state index in [9.17, 15) is 14.9 Å². The lowest BCUT2D eigenvalue weighted by atomic mass is 10.1. The molecule has 1 aromatic carbocycles. The van der Waals surface area contributed by atoms with Gasteiger partial charge in [-0.2, -0.15) is 5.10 Å². The van der Waals surface area contributed by atoms with Crippen LogP contribution in [0.15, 0.2) is 56.6 Å². The molecule has 1 amide bonds. The van der Waals surface area contributed by atoms with Gasteiger partial charge in [-0.25, -0.2) is 5.43 Å². The maximum Gasteiger partial charge on any atom is 0.274 e. The molecule has 0 aliphatic rings. The van der Waals surface area contributed by atoms with Gasteiger partial charge < -0.3 is 8.83 Å². The molecular weight excluding hydrogens is 362 g/mol. The van der Waals surface area contributed by atoms with E-state index in [1.54, 1.807) is 25.1 Å². The van der Waals surface area contributed by atoms with E-state index in [1.807, 2.05) is 0 Å². The summed E-state index contributed by atoms with van der Waals surface area (Å²) in [7, 11) is 0. The molecule has 3 rings (SSSR count). The second-order valence-corrected chi connectivity index (χ2v) is 5.62. The number of nitrogens with zero attached hydrogens (tertiary/aromatic N) is 2. The predicted octanol–water partition coefficient (Wildman–Crippen LogP) is 4.17. The summed E-state index contributed by atoms with van der Waals surface area (Å²) in [6, 6.07) is 8.92. The Balaban J connectivity index is 1.71. The molecule has 0 atom stereocenters. The zero-order valence-electron chi connectivity index (χ0n) is 13.4. The van der Waals surface area contributed by atoms with Crippen LogP contribution in [0, 0.1) is 17.0 Å². The van der Waals surface area contributed by atoms with Gasteiger partial charge in [0.15, 0.2) is 0 Å². The predicted molar refractivity (Wildman–Crippen MR) is 94.3 cm³/mol. The third-order valence-electron chi connectivity index (χ3n) is 3.52. The van der Waals surface area contributed by atoms with Gasteiger partial charge in [-0.1, -0.05) is 11.6 Å². The molecule has 2 aromatic heterocycles. The monoisotopic (exact) mass is 373 g/mol. The van der Waals surface area contributed by atoms with Crippen LogP contribution in [0.2, 0.25) is 5.02 Å². The van der Waals surface area contributed by atoms with Crippen molar-refractivity contribution in [3.8, 4) is 11.3 Å². The van der Waals surface area contributed by atoms with Gasteiger partial charge in [0.1, 0.15) is 17.3 Å². The highest BCUT2D eigenvalue weighted by Crippen LogP contribution is 2.32. The Kier molecular flexibility index (Phi) is 4.85. The fraction of sp³-hybridized carbons (Fsp3) is 0.0588. The van der Waals surface area contributed by atoms with Crippen LogP contribution in [0.4, 0.5) is 5.69 Å². The molecule has 0 fully saturated rings. The molecule has 26 heavy (non-hydrogen) atoms. The number of non-ortho nitro benzene ring substituents is 1. The van der Waals surface area contributed by atoms with Gasteiger partial charge in [0.25, 0.3) is 11.6 Å². The molecule has 9 heteroatoms. The number of carbonyl (C=O) groups is 1. The second-order valence-electron chi connectivity index (χ2n) is 5.21. The van der Waals surface area contributed by atoms with Crippen molar-refractivity contribution < 1.29 is 18.6 Å². The number of rotatable bonds is 5. The van der Waals surface area contributed by atoms with E-state index in [1.165, 1.54) is 30.7 Å². The topological polar surface area (TPSA) is 111 Å². The summed E-state index contributed by atoms with van der Waals surface area (Å²) in [5.41, 5.74) is 3.16. The van der Waals surface area contributed by atoms with E-state index in [-0.39, 0.29) is 10.7 Å². The molecule has 0 saturated heterocycles. The van der Waals surface area contributed by atoms with Crippen LogP contribution in [0.1, 0.15) is 21.9 Å². The van der Waals surface area contributed by atoms with Crippen LogP contribution in [0.5, 0.6) is 0 Å². The first-order chi connectivity index (χ1) is 12.5. The molecule has 3 aromatic rings. The molecule has 2 heterocycles. The van der Waals surface area contributed by atoms with Gasteiger partial charge in [-0.3, -0.25) is 14.9 Å². The van der Waals surface area contributed by atoms with E-state index in [2.05, 4.69) is 10.5 Å². The number of carbonyl (C=O) groups excluding carboxylic acids is 1. The highest BCUT2D eigenvalue weighted by Gasteiger charge is 2.13. The SMILES string of the molecule is Cc1occc1C(=O)N/N=C\c1ccc(-c2ccc([N+](=O)[O-])cc2Cl)o1. The number of nitrogens with one attached hydrogen (secondary N) is 1. The highest BCUT2D eigenvalue weighted by atomic mass is 35.5. The average molecular weight is 374 g/mol. The number of amides is 1. The van der Waals surface area contributed by atoms with Crippen LogP contribution in [0.25, 0.3) is 11.3 Å². The van der Waals surface area contributed by atoms with Crippen molar-refractivity contribution in [1.29, 1.82) is 0 Å². The Labute approximate surface area is 152 Å². The Morgan fingerprint density at radius 2 is 2.12 bits per heavy atom. The number of nitro benzene ring substituents is 1. The Hall–Kier alpha value is -3.39. The summed E-state index contributed by atoms with van der Waals surface area (Å²) in [6.07, 6.45) is 2.75. The van der Waals surface area contributed by atoms with E-state index in [0.29, 0.717) is 28.4 Å². The lowest BCUT2D eigenvalue weighted by Gasteiger charge is -2.00. The van der Waals surface area contributed by atoms with Gasteiger partial charge in [-0.05, 0) is 31.2 Å². The van der Waals surface area contributed by atoms with Crippen LogP contribution in [0.3, 0.4) is 0 Å². The molecule has 0 saturated carbocycles. The number of hydrogen-bond acceptors (Lipinski definition) is 6. The summed E-state index contributed by atoms with van der Waals surface area (Å²) in [4.78, 5) is 22.1. The van der Waals surface area contributed by atoms with Crippen LogP contribution >= 0.6 is 11.6 Å². The first kappa shape index (κ1) is 17.4. The maximum atomic E-state index is 11.9. The van der Waals surface area contributed by atoms with Gasteiger partial charge in [-0.15, -0.1) is 0 Å². The summed E-state index contributed by atoms with van der Waals surface area (Å²) in [5.74, 6) is 0.880. The van der Waals surface area contributed by atoms with Gasteiger partial charge in [0.2, 0.25) is 0 Å². The lowest BCUT2D eigenvalue weighted by molar-refractivity contribution is -0.384. The van der Waals surface area contributed by atoms with Crippen molar-refractivity contribution in [2.45, 2.75) is 6.92 Å². The first-order valence-electron chi connectivity index (χ1n) is 7.37. The molecule has 0 unspecified atom stereocenters. The second kappa shape index (κ2) is 7.24. The molecule has 0 aliphatic heterocycles. The van der Waals surface area contributed by atoms with Gasteiger partial charge in [0.05, 0.1) is 28.0 Å². The summed E-state index contributed by atoms with van der Waals surface area (Å²) >= 11 is 6.07. The minimum absolute atomic E-state index is 0.107. The Morgan fingerprint density at radius 1 is 1.31 bits per heavy atom. The molecule has 8 nitrogen and oxygen atoms in total. The normalized spacial score (nSPS) is 11.0. The Morgan fingerprint density at radius 3 is 2.77 bits per heavy atom. The number of aryl methyl sites for hydroxylation is 1. The summed E-state index contributed by atoms with van der Waals surface area (Å²) in [6.45, 7) is 1.67. The van der Waals surface area contributed by atoms with Crippen LogP contribution in [-0.2, 0) is 0 Å². The van der Waals surface area contributed by atoms with Crippen LogP contribution < -0.4 is 5.43 Å².